The van der Waals surface area contributed by atoms with Crippen molar-refractivity contribution in [2.75, 3.05) is 6.54 Å². The summed E-state index contributed by atoms with van der Waals surface area (Å²) in [7, 11) is -3.79. The number of carbonyl (C=O) groups is 2. The van der Waals surface area contributed by atoms with Crippen molar-refractivity contribution in [3.63, 3.8) is 0 Å². The summed E-state index contributed by atoms with van der Waals surface area (Å²) >= 11 is 0. The molecule has 2 N–H and O–H groups in total. The summed E-state index contributed by atoms with van der Waals surface area (Å²) in [6, 6.07) is 6.28. The Morgan fingerprint density at radius 1 is 1.25 bits per heavy atom. The van der Waals surface area contributed by atoms with E-state index < -0.39 is 22.5 Å². The third-order valence-electron chi connectivity index (χ3n) is 4.84. The molecule has 0 bridgehead atoms. The first-order valence-corrected chi connectivity index (χ1v) is 10.6. The SMILES string of the molecule is Cc1ccc(S(=O)(=O)NCC(=O)N/N=C/C2=COC3CCCCC3C2=O)cc1. The van der Waals surface area contributed by atoms with E-state index in [1.54, 1.807) is 12.1 Å². The molecular weight excluding hydrogens is 382 g/mol. The summed E-state index contributed by atoms with van der Waals surface area (Å²) in [5, 5.41) is 3.74. The molecule has 0 radical (unpaired) electrons. The molecule has 2 unspecified atom stereocenters. The number of rotatable bonds is 6. The van der Waals surface area contributed by atoms with Gasteiger partial charge in [0, 0.05) is 0 Å². The lowest BCUT2D eigenvalue weighted by Gasteiger charge is -2.33. The van der Waals surface area contributed by atoms with E-state index in [1.807, 2.05) is 6.92 Å². The van der Waals surface area contributed by atoms with E-state index in [-0.39, 0.29) is 22.7 Å². The van der Waals surface area contributed by atoms with Gasteiger partial charge in [-0.05, 0) is 38.3 Å². The number of aryl methyl sites for hydroxylation is 1. The second kappa shape index (κ2) is 8.66. The number of hydrogen-bond donors (Lipinski definition) is 2. The van der Waals surface area contributed by atoms with Crippen molar-refractivity contribution >= 4 is 27.9 Å². The third-order valence-corrected chi connectivity index (χ3v) is 6.26. The first-order valence-electron chi connectivity index (χ1n) is 9.15. The summed E-state index contributed by atoms with van der Waals surface area (Å²) in [4.78, 5) is 24.3. The number of fused-ring (bicyclic) bond motifs is 1. The Morgan fingerprint density at radius 2 is 1.96 bits per heavy atom. The number of amides is 1. The van der Waals surface area contributed by atoms with Gasteiger partial charge in [-0.1, -0.05) is 24.1 Å². The van der Waals surface area contributed by atoms with Gasteiger partial charge < -0.3 is 4.74 Å². The van der Waals surface area contributed by atoms with Crippen LogP contribution in [0.15, 0.2) is 46.1 Å². The highest BCUT2D eigenvalue weighted by atomic mass is 32.2. The van der Waals surface area contributed by atoms with Gasteiger partial charge in [0.05, 0.1) is 35.4 Å². The standard InChI is InChI=1S/C19H23N3O5S/c1-13-6-8-15(9-7-13)28(25,26)21-11-18(23)22-20-10-14-12-27-17-5-3-2-4-16(17)19(14)24/h6-10,12,16-17,21H,2-5,11H2,1H3,(H,22,23)/b20-10+. The Balaban J connectivity index is 1.51. The fourth-order valence-electron chi connectivity index (χ4n) is 3.26. The van der Waals surface area contributed by atoms with E-state index in [1.165, 1.54) is 24.6 Å². The maximum absolute atomic E-state index is 12.4. The van der Waals surface area contributed by atoms with Crippen LogP contribution in [0.25, 0.3) is 0 Å². The van der Waals surface area contributed by atoms with E-state index in [0.717, 1.165) is 31.2 Å². The maximum Gasteiger partial charge on any atom is 0.255 e. The molecule has 1 aromatic carbocycles. The normalized spacial score (nSPS) is 22.3. The summed E-state index contributed by atoms with van der Waals surface area (Å²) in [6.07, 6.45) is 6.27. The molecule has 9 heteroatoms. The molecule has 1 saturated carbocycles. The van der Waals surface area contributed by atoms with Crippen LogP contribution in [0.3, 0.4) is 0 Å². The Morgan fingerprint density at radius 3 is 2.71 bits per heavy atom. The third kappa shape index (κ3) is 4.85. The number of ether oxygens (including phenoxy) is 1. The van der Waals surface area contributed by atoms with Gasteiger partial charge in [0.1, 0.15) is 6.10 Å². The van der Waals surface area contributed by atoms with Crippen molar-refractivity contribution in [3.8, 4) is 0 Å². The lowest BCUT2D eigenvalue weighted by atomic mass is 9.80. The molecule has 1 heterocycles. The molecule has 0 aromatic heterocycles. The van der Waals surface area contributed by atoms with Crippen LogP contribution in [0.2, 0.25) is 0 Å². The van der Waals surface area contributed by atoms with Gasteiger partial charge in [0.15, 0.2) is 5.78 Å². The van der Waals surface area contributed by atoms with Crippen molar-refractivity contribution < 1.29 is 22.7 Å². The Hall–Kier alpha value is -2.52. The number of nitrogens with zero attached hydrogens (tertiary/aromatic N) is 1. The molecule has 1 aliphatic carbocycles. The molecule has 0 spiro atoms. The lowest BCUT2D eigenvalue weighted by Crippen LogP contribution is -2.37. The molecule has 1 aliphatic heterocycles. The van der Waals surface area contributed by atoms with E-state index in [9.17, 15) is 18.0 Å². The van der Waals surface area contributed by atoms with Crippen LogP contribution in [-0.4, -0.2) is 39.0 Å². The summed E-state index contributed by atoms with van der Waals surface area (Å²) in [5.41, 5.74) is 3.44. The van der Waals surface area contributed by atoms with Gasteiger partial charge in [0.25, 0.3) is 5.91 Å². The minimum absolute atomic E-state index is 0.0333. The average Bonchev–Trinajstić information content (AvgIpc) is 2.69. The molecule has 28 heavy (non-hydrogen) atoms. The fourth-order valence-corrected chi connectivity index (χ4v) is 4.24. The molecule has 0 saturated heterocycles. The molecule has 1 fully saturated rings. The van der Waals surface area contributed by atoms with Gasteiger partial charge in [-0.3, -0.25) is 9.59 Å². The number of benzene rings is 1. The van der Waals surface area contributed by atoms with Crippen molar-refractivity contribution in [2.24, 2.45) is 11.0 Å². The van der Waals surface area contributed by atoms with Crippen LogP contribution in [0.5, 0.6) is 0 Å². The van der Waals surface area contributed by atoms with Crippen LogP contribution in [0.4, 0.5) is 0 Å². The van der Waals surface area contributed by atoms with Crippen molar-refractivity contribution in [1.29, 1.82) is 0 Å². The zero-order valence-electron chi connectivity index (χ0n) is 15.6. The minimum atomic E-state index is -3.79. The van der Waals surface area contributed by atoms with E-state index in [2.05, 4.69) is 15.2 Å². The number of sulfonamides is 1. The van der Waals surface area contributed by atoms with Gasteiger partial charge in [-0.25, -0.2) is 18.6 Å². The number of allylic oxidation sites excluding steroid dienone is 1. The number of hydrogen-bond acceptors (Lipinski definition) is 6. The summed E-state index contributed by atoms with van der Waals surface area (Å²) < 4.78 is 32.1. The molecule has 3 rings (SSSR count). The fraction of sp³-hybridized carbons (Fsp3) is 0.421. The number of nitrogens with one attached hydrogen (secondary N) is 2. The number of Topliss-reactive ketones (excluding diaryl/α,β-unsaturated/α-hetero) is 1. The van der Waals surface area contributed by atoms with Crippen molar-refractivity contribution in [3.05, 3.63) is 41.7 Å². The Kier molecular flexibility index (Phi) is 6.25. The number of ketones is 1. The summed E-state index contributed by atoms with van der Waals surface area (Å²) in [5.74, 6) is -0.835. The van der Waals surface area contributed by atoms with Gasteiger partial charge >= 0.3 is 0 Å². The molecule has 2 aliphatic rings. The molecule has 150 valence electrons. The zero-order chi connectivity index (χ0) is 20.1. The molecule has 8 nitrogen and oxygen atoms in total. The predicted octanol–water partition coefficient (Wildman–Crippen LogP) is 1.42. The first-order chi connectivity index (χ1) is 13.4. The van der Waals surface area contributed by atoms with Crippen LogP contribution < -0.4 is 10.1 Å². The number of hydrazone groups is 1. The quantitative estimate of drug-likeness (QED) is 0.549. The first kappa shape index (κ1) is 20.2. The Labute approximate surface area is 164 Å². The largest absolute Gasteiger partial charge is 0.496 e. The highest BCUT2D eigenvalue weighted by molar-refractivity contribution is 7.89. The van der Waals surface area contributed by atoms with Gasteiger partial charge in [-0.15, -0.1) is 0 Å². The van der Waals surface area contributed by atoms with Crippen LogP contribution >= 0.6 is 0 Å². The average molecular weight is 405 g/mol. The smallest absolute Gasteiger partial charge is 0.255 e. The maximum atomic E-state index is 12.4. The van der Waals surface area contributed by atoms with Crippen LogP contribution in [-0.2, 0) is 24.3 Å². The Bertz CT molecular complexity index is 906. The topological polar surface area (TPSA) is 114 Å². The zero-order valence-corrected chi connectivity index (χ0v) is 16.4. The molecular formula is C19H23N3O5S. The number of carbonyl (C=O) groups excluding carboxylic acids is 2. The summed E-state index contributed by atoms with van der Waals surface area (Å²) in [6.45, 7) is 1.38. The lowest BCUT2D eigenvalue weighted by molar-refractivity contribution is -0.126. The van der Waals surface area contributed by atoms with Crippen LogP contribution in [0, 0.1) is 12.8 Å². The molecule has 2 atom stereocenters. The van der Waals surface area contributed by atoms with E-state index in [4.69, 9.17) is 4.74 Å². The van der Waals surface area contributed by atoms with Crippen molar-refractivity contribution in [2.45, 2.75) is 43.6 Å². The molecule has 1 aromatic rings. The van der Waals surface area contributed by atoms with E-state index >= 15 is 0 Å². The highest BCUT2D eigenvalue weighted by Crippen LogP contribution is 2.32. The predicted molar refractivity (Wildman–Crippen MR) is 103 cm³/mol. The van der Waals surface area contributed by atoms with Gasteiger partial charge in [-0.2, -0.15) is 5.10 Å². The minimum Gasteiger partial charge on any atom is -0.496 e. The van der Waals surface area contributed by atoms with Gasteiger partial charge in [0.2, 0.25) is 10.0 Å². The van der Waals surface area contributed by atoms with Crippen LogP contribution in [0.1, 0.15) is 31.2 Å². The van der Waals surface area contributed by atoms with E-state index in [0.29, 0.717) is 5.57 Å². The van der Waals surface area contributed by atoms with Crippen molar-refractivity contribution in [1.82, 2.24) is 10.1 Å². The molecule has 1 amide bonds. The monoisotopic (exact) mass is 405 g/mol. The highest BCUT2D eigenvalue weighted by Gasteiger charge is 2.36. The second-order valence-electron chi connectivity index (χ2n) is 6.93. The second-order valence-corrected chi connectivity index (χ2v) is 8.70.